The molecular weight excluding hydrogens is 280 g/mol. The molecule has 7 heteroatoms. The van der Waals surface area contributed by atoms with E-state index in [2.05, 4.69) is 10.0 Å². The molecule has 0 atom stereocenters. The highest BCUT2D eigenvalue weighted by atomic mass is 32.2. The Morgan fingerprint density at radius 3 is 2.65 bits per heavy atom. The first-order chi connectivity index (χ1) is 9.47. The first-order valence-electron chi connectivity index (χ1n) is 6.27. The van der Waals surface area contributed by atoms with E-state index in [9.17, 15) is 13.2 Å². The third kappa shape index (κ3) is 5.38. The SMILES string of the molecule is COCCNCCNS(=O)(=O)c1cccc(C(C)=O)c1. The molecule has 0 saturated heterocycles. The van der Waals surface area contributed by atoms with Crippen LogP contribution in [0.2, 0.25) is 0 Å². The molecule has 6 nitrogen and oxygen atoms in total. The molecule has 0 aromatic heterocycles. The van der Waals surface area contributed by atoms with Crippen molar-refractivity contribution < 1.29 is 17.9 Å². The number of Topliss-reactive ketones (excluding diaryl/α,β-unsaturated/α-hetero) is 1. The second-order valence-corrected chi connectivity index (χ2v) is 5.99. The van der Waals surface area contributed by atoms with E-state index >= 15 is 0 Å². The summed E-state index contributed by atoms with van der Waals surface area (Å²) in [4.78, 5) is 11.3. The predicted molar refractivity (Wildman–Crippen MR) is 76.4 cm³/mol. The molecule has 0 heterocycles. The standard InChI is InChI=1S/C13H20N2O4S/c1-11(16)12-4-3-5-13(10-12)20(17,18)15-7-6-14-8-9-19-2/h3-5,10,14-15H,6-9H2,1-2H3. The monoisotopic (exact) mass is 300 g/mol. The van der Waals surface area contributed by atoms with Gasteiger partial charge in [0.25, 0.3) is 0 Å². The highest BCUT2D eigenvalue weighted by Gasteiger charge is 2.14. The molecule has 0 spiro atoms. The molecule has 112 valence electrons. The van der Waals surface area contributed by atoms with Gasteiger partial charge in [-0.05, 0) is 19.1 Å². The molecule has 1 aromatic rings. The van der Waals surface area contributed by atoms with Gasteiger partial charge in [0, 0.05) is 32.3 Å². The molecular formula is C13H20N2O4S. The van der Waals surface area contributed by atoms with Gasteiger partial charge in [-0.3, -0.25) is 4.79 Å². The Morgan fingerprint density at radius 1 is 1.25 bits per heavy atom. The summed E-state index contributed by atoms with van der Waals surface area (Å²) in [6.45, 7) is 3.43. The fourth-order valence-corrected chi connectivity index (χ4v) is 2.62. The number of hydrogen-bond donors (Lipinski definition) is 2. The third-order valence-electron chi connectivity index (χ3n) is 2.63. The van der Waals surface area contributed by atoms with Crippen LogP contribution < -0.4 is 10.0 Å². The number of carbonyl (C=O) groups is 1. The van der Waals surface area contributed by atoms with Crippen molar-refractivity contribution in [3.05, 3.63) is 29.8 Å². The molecule has 0 amide bonds. The van der Waals surface area contributed by atoms with Gasteiger partial charge in [-0.15, -0.1) is 0 Å². The quantitative estimate of drug-likeness (QED) is 0.509. The summed E-state index contributed by atoms with van der Waals surface area (Å²) in [5, 5.41) is 3.03. The van der Waals surface area contributed by atoms with E-state index in [1.807, 2.05) is 0 Å². The van der Waals surface area contributed by atoms with Crippen LogP contribution in [-0.2, 0) is 14.8 Å². The average molecular weight is 300 g/mol. The van der Waals surface area contributed by atoms with Crippen LogP contribution in [0, 0.1) is 0 Å². The van der Waals surface area contributed by atoms with Crippen LogP contribution in [0.3, 0.4) is 0 Å². The van der Waals surface area contributed by atoms with Crippen LogP contribution in [0.15, 0.2) is 29.2 Å². The summed E-state index contributed by atoms with van der Waals surface area (Å²) in [6, 6.07) is 5.99. The van der Waals surface area contributed by atoms with Crippen molar-refractivity contribution >= 4 is 15.8 Å². The average Bonchev–Trinajstić information content (AvgIpc) is 2.43. The number of rotatable bonds is 9. The van der Waals surface area contributed by atoms with Crippen LogP contribution in [0.5, 0.6) is 0 Å². The van der Waals surface area contributed by atoms with Crippen molar-refractivity contribution in [3.63, 3.8) is 0 Å². The molecule has 0 radical (unpaired) electrons. The molecule has 0 bridgehead atoms. The zero-order valence-electron chi connectivity index (χ0n) is 11.7. The van der Waals surface area contributed by atoms with Crippen molar-refractivity contribution in [3.8, 4) is 0 Å². The van der Waals surface area contributed by atoms with Gasteiger partial charge in [0.1, 0.15) is 0 Å². The maximum atomic E-state index is 12.0. The highest BCUT2D eigenvalue weighted by Crippen LogP contribution is 2.11. The van der Waals surface area contributed by atoms with Gasteiger partial charge in [0.05, 0.1) is 11.5 Å². The van der Waals surface area contributed by atoms with Crippen LogP contribution in [0.25, 0.3) is 0 Å². The maximum absolute atomic E-state index is 12.0. The number of nitrogens with one attached hydrogen (secondary N) is 2. The highest BCUT2D eigenvalue weighted by molar-refractivity contribution is 7.89. The molecule has 0 saturated carbocycles. The Labute approximate surface area is 119 Å². The maximum Gasteiger partial charge on any atom is 0.240 e. The molecule has 20 heavy (non-hydrogen) atoms. The van der Waals surface area contributed by atoms with Crippen LogP contribution in [-0.4, -0.2) is 47.6 Å². The second kappa shape index (κ2) is 8.11. The Hall–Kier alpha value is -1.28. The topological polar surface area (TPSA) is 84.5 Å². The fraction of sp³-hybridized carbons (Fsp3) is 0.462. The van der Waals surface area contributed by atoms with Crippen LogP contribution in [0.1, 0.15) is 17.3 Å². The summed E-state index contributed by atoms with van der Waals surface area (Å²) < 4.78 is 31.4. The molecule has 0 aliphatic heterocycles. The van der Waals surface area contributed by atoms with Crippen molar-refractivity contribution in [1.29, 1.82) is 0 Å². The van der Waals surface area contributed by atoms with Crippen LogP contribution >= 0.6 is 0 Å². The molecule has 1 rings (SSSR count). The Balaban J connectivity index is 2.56. The van der Waals surface area contributed by atoms with Gasteiger partial charge in [-0.1, -0.05) is 12.1 Å². The van der Waals surface area contributed by atoms with Crippen molar-refractivity contribution in [2.45, 2.75) is 11.8 Å². The first-order valence-corrected chi connectivity index (χ1v) is 7.76. The predicted octanol–water partition coefficient (Wildman–Crippen LogP) is 0.404. The van der Waals surface area contributed by atoms with Gasteiger partial charge in [0.15, 0.2) is 5.78 Å². The van der Waals surface area contributed by atoms with Gasteiger partial charge in [-0.25, -0.2) is 13.1 Å². The number of sulfonamides is 1. The van der Waals surface area contributed by atoms with E-state index in [0.717, 1.165) is 0 Å². The number of hydrogen-bond acceptors (Lipinski definition) is 5. The van der Waals surface area contributed by atoms with Crippen molar-refractivity contribution in [1.82, 2.24) is 10.0 Å². The van der Waals surface area contributed by atoms with Crippen molar-refractivity contribution in [2.24, 2.45) is 0 Å². The summed E-state index contributed by atoms with van der Waals surface area (Å²) in [5.74, 6) is -0.164. The molecule has 0 aliphatic rings. The first kappa shape index (κ1) is 16.8. The Morgan fingerprint density at radius 2 is 2.00 bits per heavy atom. The summed E-state index contributed by atoms with van der Waals surface area (Å²) in [6.07, 6.45) is 0. The molecule has 1 aromatic carbocycles. The minimum Gasteiger partial charge on any atom is -0.383 e. The van der Waals surface area contributed by atoms with Gasteiger partial charge in [0.2, 0.25) is 10.0 Å². The zero-order chi connectivity index (χ0) is 15.0. The zero-order valence-corrected chi connectivity index (χ0v) is 12.5. The normalized spacial score (nSPS) is 11.5. The number of ketones is 1. The molecule has 2 N–H and O–H groups in total. The Bertz CT molecular complexity index is 543. The smallest absolute Gasteiger partial charge is 0.240 e. The minimum atomic E-state index is -3.58. The third-order valence-corrected chi connectivity index (χ3v) is 4.09. The van der Waals surface area contributed by atoms with E-state index in [1.54, 1.807) is 19.2 Å². The van der Waals surface area contributed by atoms with Crippen LogP contribution in [0.4, 0.5) is 0 Å². The lowest BCUT2D eigenvalue weighted by Gasteiger charge is -2.08. The summed E-state index contributed by atoms with van der Waals surface area (Å²) >= 11 is 0. The molecule has 0 unspecified atom stereocenters. The lowest BCUT2D eigenvalue weighted by molar-refractivity contribution is 0.101. The molecule has 0 fully saturated rings. The van der Waals surface area contributed by atoms with E-state index in [-0.39, 0.29) is 17.2 Å². The van der Waals surface area contributed by atoms with Gasteiger partial charge >= 0.3 is 0 Å². The van der Waals surface area contributed by atoms with E-state index in [4.69, 9.17) is 4.74 Å². The number of methoxy groups -OCH3 is 1. The Kier molecular flexibility index (Phi) is 6.80. The largest absolute Gasteiger partial charge is 0.383 e. The van der Waals surface area contributed by atoms with Crippen molar-refractivity contribution in [2.75, 3.05) is 33.4 Å². The van der Waals surface area contributed by atoms with E-state index in [1.165, 1.54) is 19.1 Å². The van der Waals surface area contributed by atoms with Gasteiger partial charge in [-0.2, -0.15) is 0 Å². The summed E-state index contributed by atoms with van der Waals surface area (Å²) in [7, 11) is -1.98. The lowest BCUT2D eigenvalue weighted by Crippen LogP contribution is -2.33. The fourth-order valence-electron chi connectivity index (χ4n) is 1.54. The molecule has 0 aliphatic carbocycles. The number of carbonyl (C=O) groups excluding carboxylic acids is 1. The van der Waals surface area contributed by atoms with E-state index < -0.39 is 10.0 Å². The number of benzene rings is 1. The minimum absolute atomic E-state index is 0.0992. The van der Waals surface area contributed by atoms with E-state index in [0.29, 0.717) is 25.3 Å². The summed E-state index contributed by atoms with van der Waals surface area (Å²) in [5.41, 5.74) is 0.381. The second-order valence-electron chi connectivity index (χ2n) is 4.22. The lowest BCUT2D eigenvalue weighted by atomic mass is 10.2. The van der Waals surface area contributed by atoms with Gasteiger partial charge < -0.3 is 10.1 Å². The number of ether oxygens (including phenoxy) is 1.